The molecule has 1 aliphatic heterocycles. The van der Waals surface area contributed by atoms with Crippen molar-refractivity contribution >= 4 is 44.7 Å². The Labute approximate surface area is 278 Å². The molecule has 1 saturated heterocycles. The fraction of sp³-hybridized carbons (Fsp3) is 0.355. The van der Waals surface area contributed by atoms with Crippen LogP contribution >= 0.6 is 22.9 Å². The van der Waals surface area contributed by atoms with E-state index >= 15 is 4.39 Å². The second-order valence-electron chi connectivity index (χ2n) is 12.2. The van der Waals surface area contributed by atoms with E-state index in [-0.39, 0.29) is 16.5 Å². The zero-order valence-corrected chi connectivity index (χ0v) is 27.9. The van der Waals surface area contributed by atoms with Crippen molar-refractivity contribution in [1.82, 2.24) is 24.8 Å². The van der Waals surface area contributed by atoms with Crippen LogP contribution in [-0.4, -0.2) is 70.5 Å². The minimum atomic E-state index is -4.73. The molecule has 1 aliphatic carbocycles. The van der Waals surface area contributed by atoms with E-state index in [9.17, 15) is 22.0 Å². The van der Waals surface area contributed by atoms with Crippen LogP contribution in [0.2, 0.25) is 5.28 Å². The van der Waals surface area contributed by atoms with Gasteiger partial charge in [0.2, 0.25) is 5.28 Å². The van der Waals surface area contributed by atoms with Gasteiger partial charge in [0.05, 0.1) is 28.0 Å². The molecule has 0 radical (unpaired) electrons. The molecule has 1 saturated carbocycles. The smallest absolute Gasteiger partial charge is 0.410 e. The van der Waals surface area contributed by atoms with E-state index in [1.165, 1.54) is 29.7 Å². The Kier molecular flexibility index (Phi) is 8.93. The second kappa shape index (κ2) is 12.7. The molecule has 10 nitrogen and oxygen atoms in total. The number of nitrogens with zero attached hydrogens (tertiary/aromatic N) is 5. The molecule has 2 fully saturated rings. The zero-order chi connectivity index (χ0) is 33.7. The van der Waals surface area contributed by atoms with Crippen LogP contribution < -0.4 is 4.72 Å². The summed E-state index contributed by atoms with van der Waals surface area (Å²) in [7, 11) is -4.73. The average Bonchev–Trinajstić information content (AvgIpc) is 3.76. The molecule has 2 aromatic heterocycles. The van der Waals surface area contributed by atoms with Gasteiger partial charge in [0.15, 0.2) is 5.82 Å². The largest absolute Gasteiger partial charge is 0.444 e. The second-order valence-corrected chi connectivity index (χ2v) is 15.2. The number of thiazole rings is 1. The first-order chi connectivity index (χ1) is 22.2. The number of halogens is 4. The fourth-order valence-corrected chi connectivity index (χ4v) is 7.75. The van der Waals surface area contributed by atoms with Gasteiger partial charge in [-0.25, -0.2) is 41.3 Å². The number of hydrogen-bond acceptors (Lipinski definition) is 9. The van der Waals surface area contributed by atoms with E-state index < -0.39 is 55.8 Å². The normalized spacial score (nSPS) is 17.5. The molecule has 1 unspecified atom stereocenters. The number of carbonyl (C=O) groups is 1. The number of aromatic nitrogens is 3. The van der Waals surface area contributed by atoms with E-state index in [0.29, 0.717) is 53.4 Å². The van der Waals surface area contributed by atoms with Crippen molar-refractivity contribution in [3.8, 4) is 21.8 Å². The molecule has 1 N–H and O–H groups in total. The van der Waals surface area contributed by atoms with Crippen molar-refractivity contribution in [1.29, 1.82) is 0 Å². The number of anilines is 1. The van der Waals surface area contributed by atoms with Gasteiger partial charge in [-0.1, -0.05) is 6.07 Å². The third-order valence-corrected chi connectivity index (χ3v) is 10.3. The first kappa shape index (κ1) is 33.1. The lowest BCUT2D eigenvalue weighted by atomic mass is 10.1. The number of sulfonamides is 1. The summed E-state index contributed by atoms with van der Waals surface area (Å²) in [5, 5.41) is 0.420. The van der Waals surface area contributed by atoms with Crippen molar-refractivity contribution in [3.63, 3.8) is 0 Å². The summed E-state index contributed by atoms with van der Waals surface area (Å²) in [5.41, 5.74) is -0.911. The Morgan fingerprint density at radius 2 is 1.85 bits per heavy atom. The van der Waals surface area contributed by atoms with E-state index in [1.54, 1.807) is 31.7 Å². The Balaban J connectivity index is 1.44. The highest BCUT2D eigenvalue weighted by Crippen LogP contribution is 2.43. The van der Waals surface area contributed by atoms with Crippen LogP contribution in [-0.2, 0) is 14.8 Å². The molecule has 16 heteroatoms. The van der Waals surface area contributed by atoms with Crippen LogP contribution in [0.1, 0.15) is 44.7 Å². The van der Waals surface area contributed by atoms with Crippen LogP contribution in [0.15, 0.2) is 53.6 Å². The van der Waals surface area contributed by atoms with Gasteiger partial charge in [0.25, 0.3) is 10.0 Å². The summed E-state index contributed by atoms with van der Waals surface area (Å²) in [4.78, 5) is 29.8. The Bertz CT molecular complexity index is 1950. The minimum absolute atomic E-state index is 0.0598. The molecule has 2 aliphatic rings. The Morgan fingerprint density at radius 1 is 1.09 bits per heavy atom. The maximum absolute atomic E-state index is 16.3. The summed E-state index contributed by atoms with van der Waals surface area (Å²) in [6, 6.07) is 7.35. The molecular weight excluding hydrogens is 677 g/mol. The first-order valence-corrected chi connectivity index (χ1v) is 17.4. The third kappa shape index (κ3) is 7.22. The maximum atomic E-state index is 16.3. The summed E-state index contributed by atoms with van der Waals surface area (Å²) in [5.74, 6) is -3.20. The highest BCUT2D eigenvalue weighted by Gasteiger charge is 2.41. The third-order valence-electron chi connectivity index (χ3n) is 7.57. The van der Waals surface area contributed by atoms with Crippen molar-refractivity contribution in [2.45, 2.75) is 56.2 Å². The van der Waals surface area contributed by atoms with Gasteiger partial charge in [-0.3, -0.25) is 14.5 Å². The summed E-state index contributed by atoms with van der Waals surface area (Å²) in [6.07, 6.45) is 3.04. The van der Waals surface area contributed by atoms with E-state index in [0.717, 1.165) is 25.0 Å². The maximum Gasteiger partial charge on any atom is 0.410 e. The van der Waals surface area contributed by atoms with Crippen LogP contribution in [0.3, 0.4) is 0 Å². The monoisotopic (exact) mass is 706 g/mol. The number of nitrogens with one attached hydrogen (secondary N) is 1. The van der Waals surface area contributed by atoms with E-state index in [2.05, 4.69) is 14.9 Å². The van der Waals surface area contributed by atoms with Gasteiger partial charge in [-0.05, 0) is 81.6 Å². The van der Waals surface area contributed by atoms with E-state index in [1.807, 2.05) is 4.72 Å². The Hall–Kier alpha value is -3.79. The Morgan fingerprint density at radius 3 is 2.55 bits per heavy atom. The zero-order valence-electron chi connectivity index (χ0n) is 25.5. The fourth-order valence-electron chi connectivity index (χ4n) is 5.30. The van der Waals surface area contributed by atoms with Crippen molar-refractivity contribution in [2.75, 3.05) is 24.4 Å². The molecule has 6 rings (SSSR count). The number of benzene rings is 2. The van der Waals surface area contributed by atoms with Gasteiger partial charge in [-0.2, -0.15) is 0 Å². The van der Waals surface area contributed by atoms with Crippen LogP contribution in [0.4, 0.5) is 23.7 Å². The summed E-state index contributed by atoms with van der Waals surface area (Å²) < 4.78 is 78.3. The molecule has 47 heavy (non-hydrogen) atoms. The highest BCUT2D eigenvalue weighted by atomic mass is 35.5. The molecule has 0 spiro atoms. The van der Waals surface area contributed by atoms with Crippen LogP contribution in [0.5, 0.6) is 0 Å². The number of rotatable bonds is 7. The van der Waals surface area contributed by atoms with Crippen LogP contribution in [0.25, 0.3) is 21.8 Å². The molecule has 248 valence electrons. The molecule has 2 aromatic carbocycles. The average molecular weight is 707 g/mol. The standard InChI is InChI=1S/C31H30ClF3N6O4S2/c1-31(2,3)45-30(42)41-14-13-40(18-8-9-18)16-23(41)28-38-26(27(46-28)22-11-12-36-29(32)37-22)19-5-4-6-21(25(19)35)39-47(43,44)24-15-17(33)7-10-20(24)34/h4-7,10-12,15,18,23,39H,8-9,13-14,16H2,1-3H3. The van der Waals surface area contributed by atoms with Gasteiger partial charge in [0, 0.05) is 37.4 Å². The van der Waals surface area contributed by atoms with E-state index in [4.69, 9.17) is 21.3 Å². The lowest BCUT2D eigenvalue weighted by Crippen LogP contribution is -2.52. The van der Waals surface area contributed by atoms with Crippen LogP contribution in [0, 0.1) is 17.5 Å². The van der Waals surface area contributed by atoms with Crippen molar-refractivity contribution in [2.24, 2.45) is 0 Å². The molecule has 4 aromatic rings. The first-order valence-electron chi connectivity index (χ1n) is 14.7. The van der Waals surface area contributed by atoms with Crippen molar-refractivity contribution in [3.05, 3.63) is 76.4 Å². The lowest BCUT2D eigenvalue weighted by molar-refractivity contribution is -0.00311. The lowest BCUT2D eigenvalue weighted by Gasteiger charge is -2.41. The van der Waals surface area contributed by atoms with Gasteiger partial charge in [-0.15, -0.1) is 11.3 Å². The SMILES string of the molecule is CC(C)(C)OC(=O)N1CCN(C2CC2)CC1c1nc(-c2cccc(NS(=O)(=O)c3cc(F)ccc3F)c2F)c(-c2ccnc(Cl)n2)s1. The number of hydrogen-bond donors (Lipinski definition) is 1. The predicted octanol–water partition coefficient (Wildman–Crippen LogP) is 6.89. The minimum Gasteiger partial charge on any atom is -0.444 e. The topological polar surface area (TPSA) is 118 Å². The highest BCUT2D eigenvalue weighted by molar-refractivity contribution is 7.92. The number of carbonyl (C=O) groups excluding carboxylic acids is 1. The van der Waals surface area contributed by atoms with Gasteiger partial charge in [0.1, 0.15) is 27.1 Å². The summed E-state index contributed by atoms with van der Waals surface area (Å²) in [6.45, 7) is 6.88. The number of piperazine rings is 1. The number of amides is 1. The molecule has 1 atom stereocenters. The van der Waals surface area contributed by atoms with Gasteiger partial charge >= 0.3 is 6.09 Å². The summed E-state index contributed by atoms with van der Waals surface area (Å²) >= 11 is 7.32. The molecular formula is C31H30ClF3N6O4S2. The quantitative estimate of drug-likeness (QED) is 0.207. The molecule has 1 amide bonds. The predicted molar refractivity (Wildman–Crippen MR) is 171 cm³/mol. The van der Waals surface area contributed by atoms with Crippen molar-refractivity contribution < 1.29 is 31.1 Å². The molecule has 3 heterocycles. The van der Waals surface area contributed by atoms with Gasteiger partial charge < -0.3 is 4.74 Å². The number of ether oxygens (including phenoxy) is 1. The molecule has 0 bridgehead atoms.